The van der Waals surface area contributed by atoms with Crippen LogP contribution in [0.25, 0.3) is 0 Å². The number of hydrogen-bond donors (Lipinski definition) is 1. The van der Waals surface area contributed by atoms with Gasteiger partial charge in [0.15, 0.2) is 9.84 Å². The lowest BCUT2D eigenvalue weighted by atomic mass is 9.32. The first-order valence-electron chi connectivity index (χ1n) is 25.6. The van der Waals surface area contributed by atoms with Crippen molar-refractivity contribution in [2.24, 2.45) is 79.8 Å². The van der Waals surface area contributed by atoms with Gasteiger partial charge in [-0.05, 0) is 152 Å². The van der Waals surface area contributed by atoms with Gasteiger partial charge >= 0.3 is 11.9 Å². The van der Waals surface area contributed by atoms with Gasteiger partial charge in [-0.3, -0.25) is 14.5 Å². The third kappa shape index (κ3) is 7.42. The third-order valence-electron chi connectivity index (χ3n) is 21.9. The van der Waals surface area contributed by atoms with Crippen LogP contribution < -0.4 is 5.32 Å². The summed E-state index contributed by atoms with van der Waals surface area (Å²) < 4.78 is 37.2. The number of carbonyl (C=O) groups excluding carboxylic acids is 2. The molecule has 0 radical (unpaired) electrons. The average Bonchev–Trinajstić information content (AvgIpc) is 3.85. The number of sulfone groups is 1. The van der Waals surface area contributed by atoms with Gasteiger partial charge in [0.25, 0.3) is 0 Å². The largest absolute Gasteiger partial charge is 0.462 e. The molecule has 8 fully saturated rings. The van der Waals surface area contributed by atoms with E-state index >= 15 is 0 Å². The van der Waals surface area contributed by atoms with Gasteiger partial charge in [0.05, 0.1) is 23.3 Å². The van der Waals surface area contributed by atoms with Crippen LogP contribution in [0.2, 0.25) is 0 Å². The fraction of sp³-hybridized carbons (Fsp3) is 0.852. The summed E-state index contributed by atoms with van der Waals surface area (Å²) in [7, 11) is -2.92. The summed E-state index contributed by atoms with van der Waals surface area (Å²) in [5.74, 6) is 3.41. The summed E-state index contributed by atoms with van der Waals surface area (Å²) >= 11 is 0. The van der Waals surface area contributed by atoms with Crippen molar-refractivity contribution in [1.29, 1.82) is 0 Å². The molecule has 13 unspecified atom stereocenters. The molecule has 1 aromatic rings. The number of nitrogens with one attached hydrogen (secondary N) is 1. The monoisotopic (exact) mass is 889 g/mol. The first kappa shape index (κ1) is 46.2. The fourth-order valence-corrected chi connectivity index (χ4v) is 18.6. The lowest BCUT2D eigenvalue weighted by Crippen LogP contribution is -2.69. The minimum atomic E-state index is -2.92. The van der Waals surface area contributed by atoms with E-state index in [4.69, 9.17) is 9.47 Å². The van der Waals surface area contributed by atoms with E-state index in [1.807, 2.05) is 44.2 Å². The predicted molar refractivity (Wildman–Crippen MR) is 250 cm³/mol. The summed E-state index contributed by atoms with van der Waals surface area (Å²) in [6, 6.07) is 10.1. The Kier molecular flexibility index (Phi) is 11.6. The summed E-state index contributed by atoms with van der Waals surface area (Å²) in [4.78, 5) is 29.8. The van der Waals surface area contributed by atoms with Gasteiger partial charge in [-0.25, -0.2) is 8.42 Å². The molecular formula is C54H84N2O6S. The molecule has 0 bridgehead atoms. The van der Waals surface area contributed by atoms with Crippen LogP contribution in [0.5, 0.6) is 0 Å². The highest BCUT2D eigenvalue weighted by molar-refractivity contribution is 7.91. The Bertz CT molecular complexity index is 2000. The van der Waals surface area contributed by atoms with Gasteiger partial charge < -0.3 is 14.8 Å². The van der Waals surface area contributed by atoms with Gasteiger partial charge in [-0.2, -0.15) is 0 Å². The summed E-state index contributed by atoms with van der Waals surface area (Å²) in [5, 5.41) is 4.43. The smallest absolute Gasteiger partial charge is 0.309 e. The molecule has 0 aromatic heterocycles. The molecule has 8 nitrogen and oxygen atoms in total. The highest BCUT2D eigenvalue weighted by Crippen LogP contribution is 2.78. The lowest BCUT2D eigenvalue weighted by Gasteiger charge is -2.73. The standard InChI is InChI=1S/C54H84N2O6S/c1-35(2)41(56-28-30-63(59,60)31-29-56)33-55-54-23-18-37(50(7)24-25-50)45(54)38-16-17-43-51(8)21-20-44(49(5,6)42(51)19-22-53(43,10)52(38,9)26-27-54)62-47(58)40-32-39(48(40,3)4)46(57)61-34-36-14-12-11-13-15-36/h11-15,35,37-45,55H,16-34H2,1-10H3. The first-order valence-corrected chi connectivity index (χ1v) is 27.4. The molecule has 7 aliphatic carbocycles. The number of fused-ring (bicyclic) bond motifs is 7. The number of ether oxygens (including phenoxy) is 2. The van der Waals surface area contributed by atoms with Crippen LogP contribution in [0.15, 0.2) is 30.3 Å². The Morgan fingerprint density at radius 3 is 2.06 bits per heavy atom. The molecular weight excluding hydrogens is 805 g/mol. The number of esters is 2. The number of rotatable bonds is 11. The van der Waals surface area contributed by atoms with Crippen molar-refractivity contribution >= 4 is 21.8 Å². The second kappa shape index (κ2) is 15.8. The summed E-state index contributed by atoms with van der Waals surface area (Å²) in [6.45, 7) is 26.9. The molecule has 1 aliphatic heterocycles. The van der Waals surface area contributed by atoms with E-state index < -0.39 is 15.3 Å². The van der Waals surface area contributed by atoms with Crippen molar-refractivity contribution in [1.82, 2.24) is 10.2 Å². The summed E-state index contributed by atoms with van der Waals surface area (Å²) in [5.41, 5.74) is 1.69. The molecule has 352 valence electrons. The topological polar surface area (TPSA) is 102 Å². The molecule has 13 atom stereocenters. The van der Waals surface area contributed by atoms with E-state index in [2.05, 4.69) is 65.6 Å². The maximum Gasteiger partial charge on any atom is 0.309 e. The van der Waals surface area contributed by atoms with Crippen LogP contribution in [-0.2, 0) is 35.5 Å². The SMILES string of the molecule is CC(C)C(CNC12CCC(C3(C)CC3)C1C1CCC3C4(C)CCC(OC(=O)C5CC(C(=O)OCc6ccccc6)C5(C)C)C(C)(C)C4CCC3(C)C1(C)CC2)N1CCS(=O)(=O)CC1. The van der Waals surface area contributed by atoms with E-state index in [-0.39, 0.29) is 63.7 Å². The van der Waals surface area contributed by atoms with E-state index in [0.29, 0.717) is 72.1 Å². The number of carbonyl (C=O) groups is 2. The Balaban J connectivity index is 0.892. The molecule has 9 rings (SSSR count). The Morgan fingerprint density at radius 1 is 0.730 bits per heavy atom. The van der Waals surface area contributed by atoms with E-state index in [1.165, 1.54) is 64.2 Å². The lowest BCUT2D eigenvalue weighted by molar-refractivity contribution is -0.250. The molecule has 0 amide bonds. The minimum Gasteiger partial charge on any atom is -0.462 e. The van der Waals surface area contributed by atoms with Crippen LogP contribution in [0.3, 0.4) is 0 Å². The van der Waals surface area contributed by atoms with Crippen molar-refractivity contribution in [2.45, 2.75) is 177 Å². The zero-order valence-corrected chi connectivity index (χ0v) is 41.7. The second-order valence-corrected chi connectivity index (χ2v) is 27.9. The maximum absolute atomic E-state index is 14.1. The van der Waals surface area contributed by atoms with Gasteiger partial charge in [0.2, 0.25) is 0 Å². The molecule has 63 heavy (non-hydrogen) atoms. The van der Waals surface area contributed by atoms with Gasteiger partial charge in [0.1, 0.15) is 12.7 Å². The van der Waals surface area contributed by atoms with Gasteiger partial charge in [-0.1, -0.05) is 99.6 Å². The molecule has 1 aromatic carbocycles. The van der Waals surface area contributed by atoms with Crippen LogP contribution in [0.1, 0.15) is 158 Å². The van der Waals surface area contributed by atoms with E-state index in [1.54, 1.807) is 0 Å². The second-order valence-electron chi connectivity index (χ2n) is 25.6. The fourth-order valence-electron chi connectivity index (χ4n) is 17.4. The highest BCUT2D eigenvalue weighted by Gasteiger charge is 2.72. The van der Waals surface area contributed by atoms with Crippen molar-refractivity contribution in [2.75, 3.05) is 31.1 Å². The minimum absolute atomic E-state index is 0.122. The van der Waals surface area contributed by atoms with Gasteiger partial charge in [0, 0.05) is 36.6 Å². The van der Waals surface area contributed by atoms with Crippen LogP contribution in [0.4, 0.5) is 0 Å². The molecule has 1 N–H and O–H groups in total. The zero-order valence-electron chi connectivity index (χ0n) is 40.9. The van der Waals surface area contributed by atoms with Crippen molar-refractivity contribution in [3.8, 4) is 0 Å². The zero-order chi connectivity index (χ0) is 45.2. The molecule has 9 heteroatoms. The Labute approximate surface area is 381 Å². The number of benzene rings is 1. The first-order chi connectivity index (χ1) is 29.5. The highest BCUT2D eigenvalue weighted by atomic mass is 32.2. The number of nitrogens with zero attached hydrogens (tertiary/aromatic N) is 1. The maximum atomic E-state index is 14.1. The molecule has 1 saturated heterocycles. The van der Waals surface area contributed by atoms with Crippen LogP contribution >= 0.6 is 0 Å². The molecule has 8 aliphatic rings. The molecule has 7 saturated carbocycles. The molecule has 1 heterocycles. The Hall–Kier alpha value is -1.97. The average molecular weight is 889 g/mol. The van der Waals surface area contributed by atoms with Crippen molar-refractivity contribution < 1.29 is 27.5 Å². The Morgan fingerprint density at radius 2 is 1.41 bits per heavy atom. The van der Waals surface area contributed by atoms with E-state index in [9.17, 15) is 18.0 Å². The van der Waals surface area contributed by atoms with Gasteiger partial charge in [-0.15, -0.1) is 0 Å². The summed E-state index contributed by atoms with van der Waals surface area (Å²) in [6.07, 6.45) is 15.4. The number of hydrogen-bond acceptors (Lipinski definition) is 8. The normalized spacial score (nSPS) is 43.5. The van der Waals surface area contributed by atoms with Crippen molar-refractivity contribution in [3.63, 3.8) is 0 Å². The third-order valence-corrected chi connectivity index (χ3v) is 23.5. The van der Waals surface area contributed by atoms with E-state index in [0.717, 1.165) is 30.9 Å². The van der Waals surface area contributed by atoms with Crippen molar-refractivity contribution in [3.05, 3.63) is 35.9 Å². The van der Waals surface area contributed by atoms with Crippen LogP contribution in [-0.4, -0.2) is 74.1 Å². The van der Waals surface area contributed by atoms with Crippen LogP contribution in [0, 0.1) is 79.8 Å². The quantitative estimate of drug-likeness (QED) is 0.219. The predicted octanol–water partition coefficient (Wildman–Crippen LogP) is 10.3. The molecule has 0 spiro atoms.